The maximum Gasteiger partial charge on any atom is 0.480 e. The molecule has 0 radical (unpaired) electrons. The van der Waals surface area contributed by atoms with Gasteiger partial charge in [0.25, 0.3) is 5.91 Å². The van der Waals surface area contributed by atoms with Gasteiger partial charge in [-0.2, -0.15) is 0 Å². The van der Waals surface area contributed by atoms with Crippen LogP contribution < -0.4 is 16.0 Å². The Bertz CT molecular complexity index is 1150. The highest BCUT2D eigenvalue weighted by Gasteiger charge is 2.36. The van der Waals surface area contributed by atoms with Gasteiger partial charge in [0, 0.05) is 37.9 Å². The fourth-order valence-electron chi connectivity index (χ4n) is 3.85. The summed E-state index contributed by atoms with van der Waals surface area (Å²) in [4.78, 5) is 66.0. The normalized spacial score (nSPS) is 17.0. The zero-order valence-electron chi connectivity index (χ0n) is 23.0. The number of ether oxygens (including phenoxy) is 1. The van der Waals surface area contributed by atoms with Crippen molar-refractivity contribution < 1.29 is 52.2 Å². The first-order valence-electron chi connectivity index (χ1n) is 12.9. The van der Waals surface area contributed by atoms with E-state index < -0.39 is 52.1 Å². The summed E-state index contributed by atoms with van der Waals surface area (Å²) in [5.74, 6) is -1.33. The predicted molar refractivity (Wildman–Crippen MR) is 156 cm³/mol. The standard InChI is InChI=1S/C22H35BCl2N4O11P2/c1-14(2)11-18(27-19(30)13-26-20(31)16-12-15(24)3-4-17(16)25)23-39-9-6-29(7-10-40-23)5-8-38-21(32)28-22(41(33)34)42(35,36)37/h3-4,12,14,18,22,41H,5-11,13H2,1-2H3,(H,26,31)(H,27,30)(H,28,32)(H,33,34)(H2,35,36,37). The lowest BCUT2D eigenvalue weighted by atomic mass is 9.73. The number of alkyl carbamates (subject to hydrolysis) is 1. The van der Waals surface area contributed by atoms with Gasteiger partial charge in [-0.15, -0.1) is 0 Å². The lowest BCUT2D eigenvalue weighted by Crippen LogP contribution is -2.54. The van der Waals surface area contributed by atoms with Gasteiger partial charge < -0.3 is 39.4 Å². The van der Waals surface area contributed by atoms with Crippen LogP contribution in [0.15, 0.2) is 18.2 Å². The third kappa shape index (κ3) is 12.9. The highest BCUT2D eigenvalue weighted by Crippen LogP contribution is 2.49. The number of nitrogens with one attached hydrogen (secondary N) is 3. The van der Waals surface area contributed by atoms with Crippen molar-refractivity contribution in [1.82, 2.24) is 20.9 Å². The van der Waals surface area contributed by atoms with Crippen molar-refractivity contribution in [2.45, 2.75) is 31.7 Å². The Balaban J connectivity index is 1.82. The van der Waals surface area contributed by atoms with Crippen molar-refractivity contribution >= 4 is 63.9 Å². The van der Waals surface area contributed by atoms with Crippen molar-refractivity contribution in [3.8, 4) is 0 Å². The molecule has 1 aromatic carbocycles. The first-order chi connectivity index (χ1) is 19.7. The van der Waals surface area contributed by atoms with Gasteiger partial charge >= 0.3 is 20.8 Å². The van der Waals surface area contributed by atoms with Crippen molar-refractivity contribution in [2.75, 3.05) is 46.0 Å². The number of halogens is 2. The summed E-state index contributed by atoms with van der Waals surface area (Å²) < 4.78 is 39.0. The lowest BCUT2D eigenvalue weighted by Gasteiger charge is -2.31. The van der Waals surface area contributed by atoms with Gasteiger partial charge in [-0.3, -0.25) is 28.9 Å². The molecule has 0 spiro atoms. The molecule has 1 saturated heterocycles. The van der Waals surface area contributed by atoms with Crippen molar-refractivity contribution in [3.63, 3.8) is 0 Å². The molecule has 3 atom stereocenters. The van der Waals surface area contributed by atoms with Crippen LogP contribution in [-0.2, 0) is 28.0 Å². The summed E-state index contributed by atoms with van der Waals surface area (Å²) in [5, 5.41) is 7.62. The fourth-order valence-corrected chi connectivity index (χ4v) is 5.89. The molecule has 0 aliphatic carbocycles. The molecule has 2 rings (SSSR count). The van der Waals surface area contributed by atoms with Crippen LogP contribution in [0.3, 0.4) is 0 Å². The Morgan fingerprint density at radius 1 is 1.17 bits per heavy atom. The molecule has 1 heterocycles. The van der Waals surface area contributed by atoms with Crippen molar-refractivity contribution in [2.24, 2.45) is 5.92 Å². The summed E-state index contributed by atoms with van der Waals surface area (Å²) in [6.07, 6.45) is -0.707. The van der Waals surface area contributed by atoms with Crippen LogP contribution in [0.5, 0.6) is 0 Å². The highest BCUT2D eigenvalue weighted by molar-refractivity contribution is 7.65. The van der Waals surface area contributed by atoms with Crippen LogP contribution in [0.4, 0.5) is 4.79 Å². The number of hydrogen-bond acceptors (Lipinski definition) is 9. The average molecular weight is 675 g/mol. The van der Waals surface area contributed by atoms with Gasteiger partial charge in [0.15, 0.2) is 0 Å². The Morgan fingerprint density at radius 2 is 1.81 bits per heavy atom. The van der Waals surface area contributed by atoms with Crippen molar-refractivity contribution in [3.05, 3.63) is 33.8 Å². The Morgan fingerprint density at radius 3 is 2.38 bits per heavy atom. The molecule has 20 heteroatoms. The van der Waals surface area contributed by atoms with Gasteiger partial charge in [-0.25, -0.2) is 4.79 Å². The molecule has 236 valence electrons. The van der Waals surface area contributed by atoms with Crippen LogP contribution in [0, 0.1) is 5.92 Å². The molecule has 0 bridgehead atoms. The Labute approximate surface area is 254 Å². The fraction of sp³-hybridized carbons (Fsp3) is 0.591. The molecule has 15 nitrogen and oxygen atoms in total. The number of nitrogens with zero attached hydrogens (tertiary/aromatic N) is 1. The maximum absolute atomic E-state index is 12.7. The first kappa shape index (κ1) is 36.5. The minimum Gasteiger partial charge on any atom is -0.448 e. The van der Waals surface area contributed by atoms with E-state index in [0.717, 1.165) is 0 Å². The van der Waals surface area contributed by atoms with Gasteiger partial charge in [0.05, 0.1) is 23.1 Å². The molecule has 42 heavy (non-hydrogen) atoms. The van der Waals surface area contributed by atoms with E-state index in [2.05, 4.69) is 10.6 Å². The van der Waals surface area contributed by atoms with Crippen LogP contribution in [0.1, 0.15) is 30.6 Å². The predicted octanol–water partition coefficient (Wildman–Crippen LogP) is 1.28. The number of carbonyl (C=O) groups is 3. The van der Waals surface area contributed by atoms with E-state index in [1.165, 1.54) is 12.1 Å². The molecule has 0 aromatic heterocycles. The summed E-state index contributed by atoms with van der Waals surface area (Å²) >= 11 is 12.0. The largest absolute Gasteiger partial charge is 0.480 e. The van der Waals surface area contributed by atoms with Crippen LogP contribution in [0.25, 0.3) is 0 Å². The molecular formula is C22H35BCl2N4O11P2. The number of hydrogen-bond donors (Lipinski definition) is 6. The smallest absolute Gasteiger partial charge is 0.448 e. The quantitative estimate of drug-likeness (QED) is 0.129. The third-order valence-electron chi connectivity index (χ3n) is 5.83. The minimum absolute atomic E-state index is 0.144. The second kappa shape index (κ2) is 17.6. The molecule has 1 aromatic rings. The Hall–Kier alpha value is -1.71. The zero-order chi connectivity index (χ0) is 31.4. The number of amides is 3. The molecule has 0 saturated carbocycles. The molecular weight excluding hydrogens is 640 g/mol. The number of rotatable bonds is 13. The van der Waals surface area contributed by atoms with E-state index in [1.807, 2.05) is 18.7 Å². The average Bonchev–Trinajstić information content (AvgIpc) is 2.87. The van der Waals surface area contributed by atoms with Gasteiger partial charge in [-0.1, -0.05) is 37.0 Å². The second-order valence-corrected chi connectivity index (χ2v) is 14.0. The summed E-state index contributed by atoms with van der Waals surface area (Å²) in [6, 6.07) is 4.44. The molecule has 1 aliphatic rings. The van der Waals surface area contributed by atoms with E-state index in [1.54, 1.807) is 11.4 Å². The Kier molecular flexibility index (Phi) is 15.2. The van der Waals surface area contributed by atoms with Gasteiger partial charge in [-0.05, 0) is 30.5 Å². The zero-order valence-corrected chi connectivity index (χ0v) is 26.4. The SMILES string of the molecule is CC(C)CC(NC(=O)CNC(=O)c1cc(Cl)ccc1Cl)B1OCCN(CCOC(=O)NC([PH](=O)O)P(=O)(O)O)CCO1. The number of carbonyl (C=O) groups excluding carboxylic acids is 3. The molecule has 1 aliphatic heterocycles. The van der Waals surface area contributed by atoms with Gasteiger partial charge in [0.1, 0.15) is 6.61 Å². The van der Waals surface area contributed by atoms with E-state index in [9.17, 15) is 23.5 Å². The van der Waals surface area contributed by atoms with E-state index in [4.69, 9.17) is 51.9 Å². The molecule has 1 fully saturated rings. The monoisotopic (exact) mass is 674 g/mol. The second-order valence-electron chi connectivity index (χ2n) is 9.67. The van der Waals surface area contributed by atoms with E-state index in [-0.39, 0.29) is 49.4 Å². The molecule has 6 N–H and O–H groups in total. The third-order valence-corrected chi connectivity index (χ3v) is 9.48. The van der Waals surface area contributed by atoms with E-state index >= 15 is 0 Å². The summed E-state index contributed by atoms with van der Waals surface area (Å²) in [7, 11) is -9.55. The minimum atomic E-state index is -5.04. The van der Waals surface area contributed by atoms with Gasteiger partial charge in [0.2, 0.25) is 19.5 Å². The topological polar surface area (TPSA) is 213 Å². The number of benzene rings is 1. The maximum atomic E-state index is 12.7. The lowest BCUT2D eigenvalue weighted by molar-refractivity contribution is -0.120. The molecule has 3 unspecified atom stereocenters. The van der Waals surface area contributed by atoms with E-state index in [0.29, 0.717) is 24.5 Å². The van der Waals surface area contributed by atoms with Crippen LogP contribution >= 0.6 is 38.8 Å². The molecule has 3 amide bonds. The highest BCUT2D eigenvalue weighted by atomic mass is 35.5. The van der Waals surface area contributed by atoms with Crippen LogP contribution in [-0.4, -0.2) is 102 Å². The van der Waals surface area contributed by atoms with Crippen LogP contribution in [0.2, 0.25) is 10.0 Å². The van der Waals surface area contributed by atoms with Crippen molar-refractivity contribution in [1.29, 1.82) is 0 Å². The summed E-state index contributed by atoms with van der Waals surface area (Å²) in [6.45, 7) is 4.94. The summed E-state index contributed by atoms with van der Waals surface area (Å²) in [5.41, 5.74) is -2.08. The first-order valence-corrected chi connectivity index (χ1v) is 16.7.